The summed E-state index contributed by atoms with van der Waals surface area (Å²) in [5, 5.41) is 17.0. The van der Waals surface area contributed by atoms with Gasteiger partial charge >= 0.3 is 0 Å². The lowest BCUT2D eigenvalue weighted by Gasteiger charge is -2.17. The Morgan fingerprint density at radius 1 is 1.25 bits per heavy atom. The lowest BCUT2D eigenvalue weighted by Crippen LogP contribution is -2.05. The number of H-pyrrole nitrogens is 1. The molecule has 1 aliphatic rings. The van der Waals surface area contributed by atoms with E-state index in [-0.39, 0.29) is 5.75 Å². The molecule has 24 heavy (non-hydrogen) atoms. The van der Waals surface area contributed by atoms with Crippen molar-refractivity contribution in [3.63, 3.8) is 0 Å². The number of nitrogens with one attached hydrogen (secondary N) is 1. The van der Waals surface area contributed by atoms with Gasteiger partial charge in [0.15, 0.2) is 10.6 Å². The van der Waals surface area contributed by atoms with Gasteiger partial charge in [-0.3, -0.25) is 9.67 Å². The number of nitrogens with zero attached hydrogens (tertiary/aromatic N) is 2. The Balaban J connectivity index is 1.98. The number of fused-ring (bicyclic) bond motifs is 1. The Hall–Kier alpha value is -2.66. The van der Waals surface area contributed by atoms with Crippen LogP contribution >= 0.6 is 12.2 Å². The average Bonchev–Trinajstić information content (AvgIpc) is 2.95. The number of benzene rings is 2. The van der Waals surface area contributed by atoms with Crippen LogP contribution in [0.25, 0.3) is 23.2 Å². The van der Waals surface area contributed by atoms with Crippen LogP contribution in [0.5, 0.6) is 5.75 Å². The zero-order valence-electron chi connectivity index (χ0n) is 13.3. The third-order valence-corrected chi connectivity index (χ3v) is 4.68. The number of aromatic amines is 1. The van der Waals surface area contributed by atoms with Crippen molar-refractivity contribution in [1.29, 1.82) is 0 Å². The van der Waals surface area contributed by atoms with E-state index in [9.17, 15) is 5.11 Å². The molecule has 0 bridgehead atoms. The van der Waals surface area contributed by atoms with Crippen LogP contribution in [0.4, 0.5) is 0 Å². The first kappa shape index (κ1) is 14.9. The van der Waals surface area contributed by atoms with Gasteiger partial charge in [-0.2, -0.15) is 5.10 Å². The summed E-state index contributed by atoms with van der Waals surface area (Å²) < 4.78 is 2.54. The predicted octanol–water partition coefficient (Wildman–Crippen LogP) is 4.57. The van der Waals surface area contributed by atoms with Crippen molar-refractivity contribution < 1.29 is 5.11 Å². The number of hydrogen-bond donors (Lipinski definition) is 2. The van der Waals surface area contributed by atoms with Gasteiger partial charge in [-0.15, -0.1) is 0 Å². The van der Waals surface area contributed by atoms with Crippen LogP contribution < -0.4 is 0 Å². The lowest BCUT2D eigenvalue weighted by molar-refractivity contribution is 0.475. The van der Waals surface area contributed by atoms with Crippen molar-refractivity contribution in [3.05, 3.63) is 63.9 Å². The number of hydrogen-bond acceptors (Lipinski definition) is 3. The van der Waals surface area contributed by atoms with Crippen LogP contribution in [0.15, 0.2) is 42.5 Å². The van der Waals surface area contributed by atoms with E-state index in [0.29, 0.717) is 4.77 Å². The maximum absolute atomic E-state index is 9.67. The lowest BCUT2D eigenvalue weighted by atomic mass is 9.95. The van der Waals surface area contributed by atoms with Gasteiger partial charge in [0.1, 0.15) is 5.75 Å². The molecule has 0 fully saturated rings. The highest BCUT2D eigenvalue weighted by Gasteiger charge is 2.17. The number of phenols is 1. The van der Waals surface area contributed by atoms with Gasteiger partial charge in [-0.05, 0) is 67.4 Å². The first-order valence-electron chi connectivity index (χ1n) is 7.91. The molecule has 0 unspecified atom stereocenters. The molecule has 0 radical (unpaired) electrons. The van der Waals surface area contributed by atoms with Crippen molar-refractivity contribution in [2.45, 2.75) is 19.8 Å². The third kappa shape index (κ3) is 2.37. The van der Waals surface area contributed by atoms with Gasteiger partial charge < -0.3 is 5.11 Å². The minimum Gasteiger partial charge on any atom is -0.508 e. The number of allylic oxidation sites excluding steroid dienone is 1. The molecule has 0 amide bonds. The second-order valence-electron chi connectivity index (χ2n) is 5.98. The Kier molecular flexibility index (Phi) is 3.58. The Morgan fingerprint density at radius 3 is 2.96 bits per heavy atom. The van der Waals surface area contributed by atoms with Crippen LogP contribution in [0, 0.1) is 11.7 Å². The normalized spacial score (nSPS) is 13.0. The van der Waals surface area contributed by atoms with E-state index >= 15 is 0 Å². The summed E-state index contributed by atoms with van der Waals surface area (Å²) >= 11 is 5.50. The predicted molar refractivity (Wildman–Crippen MR) is 97.9 cm³/mol. The van der Waals surface area contributed by atoms with E-state index in [2.05, 4.69) is 40.5 Å². The second kappa shape index (κ2) is 5.76. The molecule has 4 nitrogen and oxygen atoms in total. The molecule has 1 aromatic heterocycles. The van der Waals surface area contributed by atoms with E-state index in [1.54, 1.807) is 12.1 Å². The van der Waals surface area contributed by atoms with E-state index in [1.807, 2.05) is 17.6 Å². The number of rotatable bonds is 2. The standard InChI is InChI=1S/C19H17N3OS/c1-12-11-14(23)9-10-15(12)18-20-21-19(24)22(18)17-8-4-6-13-5-2-3-7-16(13)17/h3-4,6-11,23H,2,5H2,1H3,(H,21,24). The summed E-state index contributed by atoms with van der Waals surface area (Å²) in [6.07, 6.45) is 6.47. The van der Waals surface area contributed by atoms with Crippen molar-refractivity contribution in [3.8, 4) is 22.8 Å². The monoisotopic (exact) mass is 335 g/mol. The summed E-state index contributed by atoms with van der Waals surface area (Å²) in [5.41, 5.74) is 5.44. The van der Waals surface area contributed by atoms with E-state index in [1.165, 1.54) is 11.1 Å². The number of aromatic nitrogens is 3. The largest absolute Gasteiger partial charge is 0.508 e. The first-order chi connectivity index (χ1) is 11.6. The quantitative estimate of drug-likeness (QED) is 0.675. The van der Waals surface area contributed by atoms with Gasteiger partial charge in [-0.1, -0.05) is 24.3 Å². The molecule has 120 valence electrons. The highest BCUT2D eigenvalue weighted by atomic mass is 32.1. The Labute approximate surface area is 145 Å². The second-order valence-corrected chi connectivity index (χ2v) is 6.36. The zero-order valence-corrected chi connectivity index (χ0v) is 14.1. The average molecular weight is 335 g/mol. The van der Waals surface area contributed by atoms with E-state index in [0.717, 1.165) is 35.5 Å². The summed E-state index contributed by atoms with van der Waals surface area (Å²) in [4.78, 5) is 0. The summed E-state index contributed by atoms with van der Waals surface area (Å²) in [6.45, 7) is 1.96. The molecule has 1 heterocycles. The maximum Gasteiger partial charge on any atom is 0.200 e. The molecule has 0 atom stereocenters. The maximum atomic E-state index is 9.67. The summed E-state index contributed by atoms with van der Waals surface area (Å²) in [6, 6.07) is 11.6. The van der Waals surface area contributed by atoms with Crippen LogP contribution in [0.2, 0.25) is 0 Å². The van der Waals surface area contributed by atoms with Gasteiger partial charge in [0.25, 0.3) is 0 Å². The van der Waals surface area contributed by atoms with E-state index in [4.69, 9.17) is 12.2 Å². The fourth-order valence-corrected chi connectivity index (χ4v) is 3.48. The number of phenolic OH excluding ortho intramolecular Hbond substituents is 1. The van der Waals surface area contributed by atoms with Crippen LogP contribution in [-0.2, 0) is 6.42 Å². The van der Waals surface area contributed by atoms with Crippen molar-refractivity contribution >= 4 is 18.3 Å². The first-order valence-corrected chi connectivity index (χ1v) is 8.32. The molecule has 4 rings (SSSR count). The smallest absolute Gasteiger partial charge is 0.200 e. The zero-order chi connectivity index (χ0) is 16.7. The summed E-state index contributed by atoms with van der Waals surface area (Å²) in [5.74, 6) is 1.00. The van der Waals surface area contributed by atoms with Gasteiger partial charge in [0.2, 0.25) is 0 Å². The molecular formula is C19H17N3OS. The molecule has 0 saturated carbocycles. The molecule has 2 N–H and O–H groups in total. The van der Waals surface area contributed by atoms with Crippen LogP contribution in [0.3, 0.4) is 0 Å². The fourth-order valence-electron chi connectivity index (χ4n) is 3.24. The fraction of sp³-hybridized carbons (Fsp3) is 0.158. The number of aryl methyl sites for hydroxylation is 2. The Morgan fingerprint density at radius 2 is 2.12 bits per heavy atom. The van der Waals surface area contributed by atoms with E-state index < -0.39 is 0 Å². The highest BCUT2D eigenvalue weighted by Crippen LogP contribution is 2.31. The molecule has 5 heteroatoms. The van der Waals surface area contributed by atoms with Crippen molar-refractivity contribution in [2.24, 2.45) is 0 Å². The van der Waals surface area contributed by atoms with Gasteiger partial charge in [0.05, 0.1) is 5.69 Å². The Bertz CT molecular complexity index is 1010. The molecule has 0 saturated heterocycles. The van der Waals surface area contributed by atoms with Crippen LogP contribution in [0.1, 0.15) is 23.1 Å². The minimum absolute atomic E-state index is 0.247. The molecule has 3 aromatic rings. The highest BCUT2D eigenvalue weighted by molar-refractivity contribution is 7.71. The van der Waals surface area contributed by atoms with Crippen molar-refractivity contribution in [1.82, 2.24) is 14.8 Å². The number of aromatic hydroxyl groups is 1. The molecule has 1 aliphatic carbocycles. The third-order valence-electron chi connectivity index (χ3n) is 4.40. The SMILES string of the molecule is Cc1cc(O)ccc1-c1n[nH]c(=S)n1-c1cccc2c1C=CCC2. The topological polar surface area (TPSA) is 53.8 Å². The molecular weight excluding hydrogens is 318 g/mol. The van der Waals surface area contributed by atoms with Gasteiger partial charge in [0, 0.05) is 11.1 Å². The van der Waals surface area contributed by atoms with Crippen molar-refractivity contribution in [2.75, 3.05) is 0 Å². The molecule has 0 aliphatic heterocycles. The minimum atomic E-state index is 0.247. The van der Waals surface area contributed by atoms with Crippen LogP contribution in [-0.4, -0.2) is 19.9 Å². The van der Waals surface area contributed by atoms with Gasteiger partial charge in [-0.25, -0.2) is 0 Å². The molecule has 0 spiro atoms. The summed E-state index contributed by atoms with van der Waals surface area (Å²) in [7, 11) is 0. The molecule has 2 aromatic carbocycles.